The number of hydrogen-bond acceptors (Lipinski definition) is 2. The second-order valence-electron chi connectivity index (χ2n) is 3.62. The Morgan fingerprint density at radius 2 is 2.27 bits per heavy atom. The zero-order valence-electron chi connectivity index (χ0n) is 9.59. The van der Waals surface area contributed by atoms with Crippen LogP contribution in [0.4, 0.5) is 0 Å². The van der Waals surface area contributed by atoms with Gasteiger partial charge >= 0.3 is 0 Å². The summed E-state index contributed by atoms with van der Waals surface area (Å²) in [5, 5.41) is 7.69. The molecule has 0 atom stereocenters. The van der Waals surface area contributed by atoms with E-state index in [-0.39, 0.29) is 0 Å². The van der Waals surface area contributed by atoms with Crippen molar-refractivity contribution < 1.29 is 0 Å². The van der Waals surface area contributed by atoms with Gasteiger partial charge in [-0.15, -0.1) is 0 Å². The first-order valence-corrected chi connectivity index (χ1v) is 6.49. The molecule has 0 fully saturated rings. The molecule has 0 amide bonds. The van der Waals surface area contributed by atoms with Crippen LogP contribution in [0.5, 0.6) is 0 Å². The van der Waals surface area contributed by atoms with Crippen LogP contribution in [-0.2, 0) is 13.0 Å². The molecule has 4 heteroatoms. The predicted molar refractivity (Wildman–Crippen MR) is 67.1 cm³/mol. The lowest BCUT2D eigenvalue weighted by Crippen LogP contribution is -2.15. The number of halogens is 1. The molecule has 0 saturated heterocycles. The molecule has 0 aromatic carbocycles. The Bertz CT molecular complexity index is 283. The van der Waals surface area contributed by atoms with E-state index < -0.39 is 0 Å². The van der Waals surface area contributed by atoms with Gasteiger partial charge in [0.15, 0.2) is 0 Å². The maximum absolute atomic E-state index is 4.35. The largest absolute Gasteiger partial charge is 0.317 e. The first kappa shape index (κ1) is 12.7. The fraction of sp³-hybridized carbons (Fsp3) is 0.727. The molecule has 0 aliphatic carbocycles. The molecule has 15 heavy (non-hydrogen) atoms. The zero-order chi connectivity index (χ0) is 11.1. The fourth-order valence-electron chi connectivity index (χ4n) is 1.60. The fourth-order valence-corrected chi connectivity index (χ4v) is 2.09. The van der Waals surface area contributed by atoms with E-state index in [1.807, 2.05) is 6.20 Å². The Balaban J connectivity index is 2.46. The van der Waals surface area contributed by atoms with E-state index in [1.165, 1.54) is 12.1 Å². The van der Waals surface area contributed by atoms with Crippen LogP contribution in [0.2, 0.25) is 0 Å². The van der Waals surface area contributed by atoms with Crippen LogP contribution < -0.4 is 5.32 Å². The van der Waals surface area contributed by atoms with Crippen molar-refractivity contribution in [2.45, 2.75) is 39.7 Å². The quantitative estimate of drug-likeness (QED) is 0.774. The lowest BCUT2D eigenvalue weighted by molar-refractivity contribution is 0.559. The molecule has 3 nitrogen and oxygen atoms in total. The van der Waals surface area contributed by atoms with Crippen molar-refractivity contribution in [1.29, 1.82) is 0 Å². The number of nitrogens with zero attached hydrogens (tertiary/aromatic N) is 2. The second-order valence-corrected chi connectivity index (χ2v) is 4.47. The molecular weight excluding hydrogens is 254 g/mol. The Morgan fingerprint density at radius 3 is 2.93 bits per heavy atom. The zero-order valence-corrected chi connectivity index (χ0v) is 11.2. The highest BCUT2D eigenvalue weighted by atomic mass is 79.9. The Kier molecular flexibility index (Phi) is 5.95. The van der Waals surface area contributed by atoms with Crippen molar-refractivity contribution in [3.8, 4) is 0 Å². The van der Waals surface area contributed by atoms with Gasteiger partial charge in [0.05, 0.1) is 16.4 Å². The van der Waals surface area contributed by atoms with E-state index in [9.17, 15) is 0 Å². The average molecular weight is 274 g/mol. The Hall–Kier alpha value is -0.350. The number of aromatic nitrogens is 2. The van der Waals surface area contributed by atoms with Crippen molar-refractivity contribution >= 4 is 15.9 Å². The molecule has 0 spiro atoms. The third kappa shape index (κ3) is 3.95. The summed E-state index contributed by atoms with van der Waals surface area (Å²) in [4.78, 5) is 0. The molecule has 0 aliphatic heterocycles. The molecular formula is C11H20BrN3. The smallest absolute Gasteiger partial charge is 0.0635 e. The summed E-state index contributed by atoms with van der Waals surface area (Å²) in [6, 6.07) is 0. The molecule has 1 heterocycles. The summed E-state index contributed by atoms with van der Waals surface area (Å²) in [7, 11) is 0. The third-order valence-electron chi connectivity index (χ3n) is 2.35. The van der Waals surface area contributed by atoms with Crippen LogP contribution in [0.15, 0.2) is 10.7 Å². The minimum atomic E-state index is 1.02. The van der Waals surface area contributed by atoms with Crippen LogP contribution in [-0.4, -0.2) is 22.9 Å². The summed E-state index contributed by atoms with van der Waals surface area (Å²) >= 11 is 3.55. The van der Waals surface area contributed by atoms with Gasteiger partial charge < -0.3 is 5.32 Å². The van der Waals surface area contributed by atoms with E-state index in [0.717, 1.165) is 36.9 Å². The van der Waals surface area contributed by atoms with Gasteiger partial charge in [-0.2, -0.15) is 5.10 Å². The van der Waals surface area contributed by atoms with E-state index in [1.54, 1.807) is 0 Å². The molecule has 1 N–H and O–H groups in total. The van der Waals surface area contributed by atoms with Gasteiger partial charge in [-0.3, -0.25) is 4.68 Å². The van der Waals surface area contributed by atoms with Crippen LogP contribution in [0.3, 0.4) is 0 Å². The highest BCUT2D eigenvalue weighted by molar-refractivity contribution is 9.10. The van der Waals surface area contributed by atoms with Gasteiger partial charge in [0.2, 0.25) is 0 Å². The summed E-state index contributed by atoms with van der Waals surface area (Å²) in [6.45, 7) is 7.47. The van der Waals surface area contributed by atoms with Gasteiger partial charge in [-0.25, -0.2) is 0 Å². The highest BCUT2D eigenvalue weighted by Gasteiger charge is 2.07. The van der Waals surface area contributed by atoms with Gasteiger partial charge in [-0.1, -0.05) is 13.8 Å². The molecule has 86 valence electrons. The minimum Gasteiger partial charge on any atom is -0.317 e. The topological polar surface area (TPSA) is 29.9 Å². The summed E-state index contributed by atoms with van der Waals surface area (Å²) < 4.78 is 3.25. The summed E-state index contributed by atoms with van der Waals surface area (Å²) in [6.07, 6.45) is 5.29. The first-order chi connectivity index (χ1) is 7.29. The SMILES string of the molecule is CCCn1ncc(Br)c1CCCNCC. The maximum atomic E-state index is 4.35. The second kappa shape index (κ2) is 7.01. The van der Waals surface area contributed by atoms with Crippen molar-refractivity contribution in [2.75, 3.05) is 13.1 Å². The first-order valence-electron chi connectivity index (χ1n) is 5.70. The van der Waals surface area contributed by atoms with Gasteiger partial charge in [0.1, 0.15) is 0 Å². The van der Waals surface area contributed by atoms with Crippen molar-refractivity contribution in [3.63, 3.8) is 0 Å². The predicted octanol–water partition coefficient (Wildman–Crippen LogP) is 2.60. The molecule has 1 aromatic heterocycles. The van der Waals surface area contributed by atoms with Gasteiger partial charge in [-0.05, 0) is 48.3 Å². The molecule has 1 rings (SSSR count). The van der Waals surface area contributed by atoms with Crippen molar-refractivity contribution in [1.82, 2.24) is 15.1 Å². The highest BCUT2D eigenvalue weighted by Crippen LogP contribution is 2.17. The van der Waals surface area contributed by atoms with E-state index in [2.05, 4.69) is 44.9 Å². The number of aryl methyl sites for hydroxylation is 1. The molecule has 0 radical (unpaired) electrons. The molecule has 0 bridgehead atoms. The average Bonchev–Trinajstić information content (AvgIpc) is 2.56. The van der Waals surface area contributed by atoms with Crippen LogP contribution in [0.25, 0.3) is 0 Å². The van der Waals surface area contributed by atoms with Crippen LogP contribution >= 0.6 is 15.9 Å². The van der Waals surface area contributed by atoms with Gasteiger partial charge in [0, 0.05) is 6.54 Å². The lowest BCUT2D eigenvalue weighted by atomic mass is 10.2. The van der Waals surface area contributed by atoms with Crippen LogP contribution in [0, 0.1) is 0 Å². The monoisotopic (exact) mass is 273 g/mol. The molecule has 0 saturated carbocycles. The number of nitrogens with one attached hydrogen (secondary N) is 1. The summed E-state index contributed by atoms with van der Waals surface area (Å²) in [5.74, 6) is 0. The van der Waals surface area contributed by atoms with E-state index in [0.29, 0.717) is 0 Å². The number of rotatable bonds is 7. The third-order valence-corrected chi connectivity index (χ3v) is 3.01. The normalized spacial score (nSPS) is 10.9. The Morgan fingerprint density at radius 1 is 1.47 bits per heavy atom. The van der Waals surface area contributed by atoms with E-state index >= 15 is 0 Å². The number of hydrogen-bond donors (Lipinski definition) is 1. The summed E-state index contributed by atoms with van der Waals surface area (Å²) in [5.41, 5.74) is 1.33. The van der Waals surface area contributed by atoms with Crippen molar-refractivity contribution in [3.05, 3.63) is 16.4 Å². The molecule has 1 aromatic rings. The van der Waals surface area contributed by atoms with E-state index in [4.69, 9.17) is 0 Å². The lowest BCUT2D eigenvalue weighted by Gasteiger charge is -2.07. The standard InChI is InChI=1S/C11H20BrN3/c1-3-8-15-11(10(12)9-14-15)6-5-7-13-4-2/h9,13H,3-8H2,1-2H3. The molecule has 0 aliphatic rings. The minimum absolute atomic E-state index is 1.02. The molecule has 0 unspecified atom stereocenters. The van der Waals surface area contributed by atoms with Crippen molar-refractivity contribution in [2.24, 2.45) is 0 Å². The van der Waals surface area contributed by atoms with Crippen LogP contribution in [0.1, 0.15) is 32.4 Å². The Labute approximate surface area is 100 Å². The van der Waals surface area contributed by atoms with Gasteiger partial charge in [0.25, 0.3) is 0 Å². The maximum Gasteiger partial charge on any atom is 0.0635 e.